The maximum Gasteiger partial charge on any atom is 0.320 e. The van der Waals surface area contributed by atoms with Crippen molar-refractivity contribution >= 4 is 33.3 Å². The number of aryl methyl sites for hydroxylation is 1. The second kappa shape index (κ2) is 11.4. The average molecular weight is 586 g/mol. The smallest absolute Gasteiger partial charge is 0.320 e. The highest BCUT2D eigenvalue weighted by Gasteiger charge is 2.44. The van der Waals surface area contributed by atoms with Crippen LogP contribution >= 0.6 is 11.6 Å². The van der Waals surface area contributed by atoms with E-state index in [0.717, 1.165) is 47.0 Å². The summed E-state index contributed by atoms with van der Waals surface area (Å²) in [5, 5.41) is 2.55. The molecule has 216 valence electrons. The van der Waals surface area contributed by atoms with Crippen LogP contribution in [0.25, 0.3) is 32.8 Å². The number of fused-ring (bicyclic) bond motifs is 2. The minimum absolute atomic E-state index is 0.0517. The lowest BCUT2D eigenvalue weighted by atomic mass is 9.95. The van der Waals surface area contributed by atoms with E-state index in [0.29, 0.717) is 23.1 Å². The molecule has 5 aromatic rings. The van der Waals surface area contributed by atoms with Gasteiger partial charge in [-0.1, -0.05) is 60.1 Å². The summed E-state index contributed by atoms with van der Waals surface area (Å²) in [4.78, 5) is 11.3. The number of hydrogen-bond donors (Lipinski definition) is 0. The molecule has 0 saturated heterocycles. The Morgan fingerprint density at radius 1 is 0.952 bits per heavy atom. The predicted octanol–water partition coefficient (Wildman–Crippen LogP) is 7.86. The van der Waals surface area contributed by atoms with E-state index in [9.17, 15) is 0 Å². The van der Waals surface area contributed by atoms with Crippen molar-refractivity contribution in [1.29, 1.82) is 0 Å². The van der Waals surface area contributed by atoms with E-state index < -0.39 is 5.82 Å². The molecule has 0 atom stereocenters. The highest BCUT2D eigenvalue weighted by molar-refractivity contribution is 6.34. The maximum atomic E-state index is 16.6. The third-order valence-corrected chi connectivity index (χ3v) is 8.05. The molecule has 1 aromatic heterocycles. The van der Waals surface area contributed by atoms with Crippen LogP contribution in [-0.4, -0.2) is 49.2 Å². The van der Waals surface area contributed by atoms with Gasteiger partial charge < -0.3 is 19.1 Å². The molecule has 8 heteroatoms. The number of benzene rings is 4. The molecule has 0 N–H and O–H groups in total. The van der Waals surface area contributed by atoms with Crippen molar-refractivity contribution in [3.63, 3.8) is 0 Å². The Bertz CT molecular complexity index is 1770. The molecule has 1 fully saturated rings. The first-order chi connectivity index (χ1) is 20.2. The zero-order valence-electron chi connectivity index (χ0n) is 24.2. The van der Waals surface area contributed by atoms with Gasteiger partial charge in [0, 0.05) is 17.5 Å². The van der Waals surface area contributed by atoms with E-state index >= 15 is 4.39 Å². The van der Waals surface area contributed by atoms with Gasteiger partial charge in [0.1, 0.15) is 17.9 Å². The monoisotopic (exact) mass is 585 g/mol. The number of hydrogen-bond acceptors (Lipinski definition) is 6. The van der Waals surface area contributed by atoms with E-state index in [1.807, 2.05) is 75.6 Å². The fraction of sp³-hybridized carbons (Fsp3) is 0.294. The molecule has 0 unspecified atom stereocenters. The van der Waals surface area contributed by atoms with Crippen molar-refractivity contribution in [3.05, 3.63) is 88.7 Å². The summed E-state index contributed by atoms with van der Waals surface area (Å²) < 4.78 is 34.2. The summed E-state index contributed by atoms with van der Waals surface area (Å²) in [6.45, 7) is 3.54. The van der Waals surface area contributed by atoms with Gasteiger partial charge in [-0.15, -0.1) is 0 Å². The number of halogens is 2. The molecule has 6 nitrogen and oxygen atoms in total. The summed E-state index contributed by atoms with van der Waals surface area (Å²) in [6, 6.07) is 21.2. The summed E-state index contributed by atoms with van der Waals surface area (Å²) in [7, 11) is 5.72. The number of aromatic nitrogens is 2. The Morgan fingerprint density at radius 3 is 2.43 bits per heavy atom. The summed E-state index contributed by atoms with van der Waals surface area (Å²) in [5.74, 6) is 0.424. The van der Waals surface area contributed by atoms with Gasteiger partial charge in [-0.2, -0.15) is 9.97 Å². The maximum absolute atomic E-state index is 16.6. The first kappa shape index (κ1) is 28.2. The molecule has 1 aliphatic carbocycles. The van der Waals surface area contributed by atoms with E-state index in [4.69, 9.17) is 25.8 Å². The van der Waals surface area contributed by atoms with Crippen LogP contribution in [0.1, 0.15) is 24.0 Å². The first-order valence-corrected chi connectivity index (χ1v) is 14.4. The number of nitrogens with zero attached hydrogens (tertiary/aromatic N) is 3. The molecular formula is C34H33ClFN3O3. The quantitative estimate of drug-likeness (QED) is 0.166. The van der Waals surface area contributed by atoms with Crippen molar-refractivity contribution in [2.45, 2.75) is 26.4 Å². The van der Waals surface area contributed by atoms with E-state index in [2.05, 4.69) is 20.9 Å². The largest absolute Gasteiger partial charge is 0.497 e. The third-order valence-electron chi connectivity index (χ3n) is 7.75. The second-order valence-electron chi connectivity index (χ2n) is 11.5. The van der Waals surface area contributed by atoms with Crippen molar-refractivity contribution < 1.29 is 18.6 Å². The Hall–Kier alpha value is -3.94. The van der Waals surface area contributed by atoms with Crippen LogP contribution in [0.15, 0.2) is 66.7 Å². The van der Waals surface area contributed by atoms with Gasteiger partial charge in [0.05, 0.1) is 24.1 Å². The van der Waals surface area contributed by atoms with Crippen LogP contribution in [0.3, 0.4) is 0 Å². The molecule has 0 spiro atoms. The fourth-order valence-electron chi connectivity index (χ4n) is 5.52. The van der Waals surface area contributed by atoms with Crippen LogP contribution in [-0.2, 0) is 6.61 Å². The standard InChI is InChI=1S/C34H33ClFN3O3/c1-21-15-23-7-5-6-8-25(23)26(16-21)29-28(35)17-27-31(30(29)36)37-33(42-20-34(13-14-34)19-39(2)3)38-32(27)41-18-22-9-11-24(40-4)12-10-22/h5-12,15-17H,13-14,18-20H2,1-4H3. The molecule has 42 heavy (non-hydrogen) atoms. The third kappa shape index (κ3) is 5.72. The number of ether oxygens (including phenoxy) is 3. The fourth-order valence-corrected chi connectivity index (χ4v) is 5.82. The van der Waals surface area contributed by atoms with Gasteiger partial charge >= 0.3 is 6.01 Å². The van der Waals surface area contributed by atoms with Crippen LogP contribution in [0.4, 0.5) is 4.39 Å². The molecule has 0 amide bonds. The van der Waals surface area contributed by atoms with E-state index in [1.54, 1.807) is 13.2 Å². The molecule has 6 rings (SSSR count). The Morgan fingerprint density at radius 2 is 1.71 bits per heavy atom. The predicted molar refractivity (Wildman–Crippen MR) is 165 cm³/mol. The van der Waals surface area contributed by atoms with Crippen molar-refractivity contribution in [2.75, 3.05) is 34.4 Å². The van der Waals surface area contributed by atoms with E-state index in [1.165, 1.54) is 0 Å². The lowest BCUT2D eigenvalue weighted by molar-refractivity contribution is 0.181. The lowest BCUT2D eigenvalue weighted by Gasteiger charge is -2.20. The topological polar surface area (TPSA) is 56.7 Å². The van der Waals surface area contributed by atoms with Crippen LogP contribution in [0, 0.1) is 18.2 Å². The Kier molecular flexibility index (Phi) is 7.64. The highest BCUT2D eigenvalue weighted by atomic mass is 35.5. The van der Waals surface area contributed by atoms with Crippen molar-refractivity contribution in [3.8, 4) is 28.8 Å². The highest BCUT2D eigenvalue weighted by Crippen LogP contribution is 2.46. The van der Waals surface area contributed by atoms with Gasteiger partial charge in [-0.3, -0.25) is 0 Å². The first-order valence-electron chi connectivity index (χ1n) is 14.0. The zero-order chi connectivity index (χ0) is 29.4. The van der Waals surface area contributed by atoms with Crippen molar-refractivity contribution in [2.24, 2.45) is 5.41 Å². The minimum atomic E-state index is -0.538. The van der Waals surface area contributed by atoms with Gasteiger partial charge in [-0.05, 0) is 79.5 Å². The van der Waals surface area contributed by atoms with Gasteiger partial charge in [0.2, 0.25) is 5.88 Å². The number of methoxy groups -OCH3 is 1. The van der Waals surface area contributed by atoms with E-state index in [-0.39, 0.29) is 34.5 Å². The van der Waals surface area contributed by atoms with Crippen LogP contribution < -0.4 is 14.2 Å². The van der Waals surface area contributed by atoms with Crippen LogP contribution in [0.2, 0.25) is 5.02 Å². The zero-order valence-corrected chi connectivity index (χ0v) is 25.0. The molecule has 0 aliphatic heterocycles. The average Bonchev–Trinajstić information content (AvgIpc) is 3.74. The summed E-state index contributed by atoms with van der Waals surface area (Å²) in [5.41, 5.74) is 3.07. The molecule has 1 heterocycles. The molecular weight excluding hydrogens is 553 g/mol. The van der Waals surface area contributed by atoms with Gasteiger partial charge in [-0.25, -0.2) is 4.39 Å². The Balaban J connectivity index is 1.44. The summed E-state index contributed by atoms with van der Waals surface area (Å²) in [6.07, 6.45) is 2.13. The number of rotatable bonds is 10. The molecule has 0 bridgehead atoms. The minimum Gasteiger partial charge on any atom is -0.497 e. The normalized spacial score (nSPS) is 14.0. The van der Waals surface area contributed by atoms with Crippen LogP contribution in [0.5, 0.6) is 17.6 Å². The second-order valence-corrected chi connectivity index (χ2v) is 11.9. The van der Waals surface area contributed by atoms with Crippen molar-refractivity contribution in [1.82, 2.24) is 14.9 Å². The summed E-state index contributed by atoms with van der Waals surface area (Å²) >= 11 is 6.83. The van der Waals surface area contributed by atoms with Gasteiger partial charge in [0.25, 0.3) is 0 Å². The molecule has 4 aromatic carbocycles. The molecule has 1 aliphatic rings. The lowest BCUT2D eigenvalue weighted by Crippen LogP contribution is -2.28. The SMILES string of the molecule is COc1ccc(COc2nc(OCC3(CN(C)C)CC3)nc3c(F)c(-c4cc(C)cc5ccccc45)c(Cl)cc23)cc1. The molecule has 1 saturated carbocycles. The van der Waals surface area contributed by atoms with Gasteiger partial charge in [0.15, 0.2) is 5.82 Å². The Labute approximate surface area is 250 Å². The molecule has 0 radical (unpaired) electrons.